The third-order valence-electron chi connectivity index (χ3n) is 4.45. The van der Waals surface area contributed by atoms with Crippen molar-refractivity contribution in [1.29, 1.82) is 10.8 Å². The van der Waals surface area contributed by atoms with Crippen molar-refractivity contribution in [2.45, 2.75) is 57.8 Å². The van der Waals surface area contributed by atoms with Gasteiger partial charge in [-0.05, 0) is 37.1 Å². The van der Waals surface area contributed by atoms with Crippen molar-refractivity contribution in [2.75, 3.05) is 19.7 Å². The summed E-state index contributed by atoms with van der Waals surface area (Å²) in [5.41, 5.74) is 17.3. The number of aliphatic imine (C=N–C) groups is 1. The SMILES string of the molecule is N=C(N)CCCCCCCCCNC(N)=NCCCOc1ccc(C(=N)N)cc1. The Morgan fingerprint density at radius 1 is 0.862 bits per heavy atom. The van der Waals surface area contributed by atoms with Gasteiger partial charge in [0.05, 0.1) is 12.4 Å². The molecule has 0 aliphatic carbocycles. The van der Waals surface area contributed by atoms with Crippen molar-refractivity contribution in [2.24, 2.45) is 22.2 Å². The lowest BCUT2D eigenvalue weighted by atomic mass is 10.1. The van der Waals surface area contributed by atoms with Crippen LogP contribution in [0.1, 0.15) is 63.4 Å². The van der Waals surface area contributed by atoms with Crippen molar-refractivity contribution in [3.8, 4) is 5.75 Å². The van der Waals surface area contributed by atoms with Crippen LogP contribution in [0.2, 0.25) is 0 Å². The molecule has 0 radical (unpaired) electrons. The van der Waals surface area contributed by atoms with Crippen LogP contribution in [0.5, 0.6) is 5.75 Å². The molecule has 0 unspecified atom stereocenters. The first kappa shape index (κ1) is 24.3. The fraction of sp³-hybridized carbons (Fsp3) is 0.571. The first-order valence-electron chi connectivity index (χ1n) is 10.4. The molecule has 0 atom stereocenters. The van der Waals surface area contributed by atoms with Crippen LogP contribution >= 0.6 is 0 Å². The highest BCUT2D eigenvalue weighted by Gasteiger charge is 1.98. The normalized spacial score (nSPS) is 11.2. The molecule has 8 nitrogen and oxygen atoms in total. The van der Waals surface area contributed by atoms with Gasteiger partial charge in [-0.3, -0.25) is 15.8 Å². The molecule has 0 bridgehead atoms. The lowest BCUT2D eigenvalue weighted by molar-refractivity contribution is 0.313. The number of benzene rings is 1. The van der Waals surface area contributed by atoms with E-state index in [4.69, 9.17) is 32.8 Å². The fourth-order valence-electron chi connectivity index (χ4n) is 2.78. The van der Waals surface area contributed by atoms with Gasteiger partial charge in [0.15, 0.2) is 5.96 Å². The van der Waals surface area contributed by atoms with Gasteiger partial charge in [0, 0.05) is 31.5 Å². The number of ether oxygens (including phenoxy) is 1. The fourth-order valence-corrected chi connectivity index (χ4v) is 2.78. The van der Waals surface area contributed by atoms with Crippen LogP contribution in [0.25, 0.3) is 0 Å². The number of hydrogen-bond acceptors (Lipinski definition) is 4. The second kappa shape index (κ2) is 15.2. The Kier molecular flexibility index (Phi) is 12.7. The van der Waals surface area contributed by atoms with Crippen LogP contribution in [-0.2, 0) is 0 Å². The predicted molar refractivity (Wildman–Crippen MR) is 121 cm³/mol. The summed E-state index contributed by atoms with van der Waals surface area (Å²) in [6.45, 7) is 2.02. The van der Waals surface area contributed by atoms with Crippen LogP contribution in [0.3, 0.4) is 0 Å². The summed E-state index contributed by atoms with van der Waals surface area (Å²) >= 11 is 0. The van der Waals surface area contributed by atoms with Crippen molar-refractivity contribution >= 4 is 17.6 Å². The molecule has 8 heteroatoms. The first-order valence-corrected chi connectivity index (χ1v) is 10.4. The number of nitrogens with zero attached hydrogens (tertiary/aromatic N) is 1. The predicted octanol–water partition coefficient (Wildman–Crippen LogP) is 2.70. The van der Waals surface area contributed by atoms with Crippen LogP contribution in [0.4, 0.5) is 0 Å². The molecule has 0 spiro atoms. The largest absolute Gasteiger partial charge is 0.494 e. The Labute approximate surface area is 174 Å². The summed E-state index contributed by atoms with van der Waals surface area (Å²) in [7, 11) is 0. The lowest BCUT2D eigenvalue weighted by Gasteiger charge is -2.07. The Bertz CT molecular complexity index is 628. The monoisotopic (exact) mass is 403 g/mol. The zero-order valence-corrected chi connectivity index (χ0v) is 17.4. The Balaban J connectivity index is 1.96. The number of rotatable bonds is 16. The highest BCUT2D eigenvalue weighted by Crippen LogP contribution is 2.12. The van der Waals surface area contributed by atoms with Crippen molar-refractivity contribution < 1.29 is 4.74 Å². The van der Waals surface area contributed by atoms with Gasteiger partial charge >= 0.3 is 0 Å². The zero-order chi connectivity index (χ0) is 21.3. The summed E-state index contributed by atoms with van der Waals surface area (Å²) in [6.07, 6.45) is 9.64. The maximum Gasteiger partial charge on any atom is 0.188 e. The second-order valence-electron chi connectivity index (χ2n) is 7.08. The molecule has 1 aromatic carbocycles. The van der Waals surface area contributed by atoms with Gasteiger partial charge in [0.2, 0.25) is 0 Å². The van der Waals surface area contributed by atoms with Gasteiger partial charge in [-0.2, -0.15) is 0 Å². The topological polar surface area (TPSA) is 159 Å². The highest BCUT2D eigenvalue weighted by molar-refractivity contribution is 5.94. The number of nitrogens with one attached hydrogen (secondary N) is 3. The van der Waals surface area contributed by atoms with Gasteiger partial charge in [0.1, 0.15) is 11.6 Å². The maximum absolute atomic E-state index is 7.36. The third-order valence-corrected chi connectivity index (χ3v) is 4.45. The standard InChI is InChI=1S/C21H37N7O/c22-19(23)9-6-4-2-1-3-5-7-14-27-21(26)28-15-8-16-29-18-12-10-17(11-13-18)20(24)25/h10-13H,1-9,14-16H2,(H3,22,23)(H3,24,25)(H3,26,27,28). The van der Waals surface area contributed by atoms with E-state index in [9.17, 15) is 0 Å². The average Bonchev–Trinajstić information content (AvgIpc) is 2.69. The van der Waals surface area contributed by atoms with Gasteiger partial charge in [-0.15, -0.1) is 0 Å². The molecular formula is C21H37N7O. The molecule has 0 saturated heterocycles. The smallest absolute Gasteiger partial charge is 0.188 e. The Morgan fingerprint density at radius 2 is 1.48 bits per heavy atom. The quantitative estimate of drug-likeness (QED) is 0.142. The Hall–Kier alpha value is -2.77. The van der Waals surface area contributed by atoms with Crippen molar-refractivity contribution in [1.82, 2.24) is 5.32 Å². The van der Waals surface area contributed by atoms with Crippen molar-refractivity contribution in [3.63, 3.8) is 0 Å². The minimum Gasteiger partial charge on any atom is -0.494 e. The minimum absolute atomic E-state index is 0.0509. The number of amidine groups is 2. The number of nitrogens with two attached hydrogens (primary N) is 3. The minimum atomic E-state index is 0.0509. The van der Waals surface area contributed by atoms with Gasteiger partial charge in [-0.25, -0.2) is 0 Å². The van der Waals surface area contributed by atoms with Crippen molar-refractivity contribution in [3.05, 3.63) is 29.8 Å². The lowest BCUT2D eigenvalue weighted by Crippen LogP contribution is -2.32. The van der Waals surface area contributed by atoms with E-state index in [0.29, 0.717) is 30.5 Å². The van der Waals surface area contributed by atoms with Crippen LogP contribution in [-0.4, -0.2) is 37.3 Å². The Morgan fingerprint density at radius 3 is 2.10 bits per heavy atom. The molecule has 1 aromatic rings. The zero-order valence-electron chi connectivity index (χ0n) is 17.4. The molecule has 162 valence electrons. The van der Waals surface area contributed by atoms with E-state index in [2.05, 4.69) is 10.3 Å². The molecule has 0 saturated carbocycles. The summed E-state index contributed by atoms with van der Waals surface area (Å²) in [6, 6.07) is 7.16. The van der Waals surface area contributed by atoms with Gasteiger partial charge in [0.25, 0.3) is 0 Å². The highest BCUT2D eigenvalue weighted by atomic mass is 16.5. The number of unbranched alkanes of at least 4 members (excludes halogenated alkanes) is 6. The van der Waals surface area contributed by atoms with E-state index >= 15 is 0 Å². The summed E-state index contributed by atoms with van der Waals surface area (Å²) in [4.78, 5) is 4.31. The molecule has 29 heavy (non-hydrogen) atoms. The molecule has 0 aliphatic heterocycles. The molecule has 0 aromatic heterocycles. The van der Waals surface area contributed by atoms with Crippen LogP contribution in [0.15, 0.2) is 29.3 Å². The molecule has 0 amide bonds. The van der Waals surface area contributed by atoms with E-state index in [1.807, 2.05) is 12.1 Å². The molecule has 0 heterocycles. The van der Waals surface area contributed by atoms with E-state index in [1.165, 1.54) is 25.7 Å². The second-order valence-corrected chi connectivity index (χ2v) is 7.08. The van der Waals surface area contributed by atoms with Crippen LogP contribution in [0, 0.1) is 10.8 Å². The summed E-state index contributed by atoms with van der Waals surface area (Å²) in [5, 5.41) is 17.7. The van der Waals surface area contributed by atoms with E-state index in [0.717, 1.165) is 44.4 Å². The van der Waals surface area contributed by atoms with Crippen LogP contribution < -0.4 is 27.3 Å². The number of hydrogen-bond donors (Lipinski definition) is 6. The summed E-state index contributed by atoms with van der Waals surface area (Å²) < 4.78 is 5.64. The number of guanidine groups is 1. The molecule has 0 aliphatic rings. The third kappa shape index (κ3) is 13.1. The number of nitrogen functional groups attached to an aromatic ring is 1. The van der Waals surface area contributed by atoms with E-state index in [1.54, 1.807) is 12.1 Å². The molecule has 0 fully saturated rings. The molecule has 1 rings (SSSR count). The summed E-state index contributed by atoms with van der Waals surface area (Å²) in [5.74, 6) is 1.59. The van der Waals surface area contributed by atoms with E-state index in [-0.39, 0.29) is 5.84 Å². The average molecular weight is 404 g/mol. The van der Waals surface area contributed by atoms with Gasteiger partial charge < -0.3 is 27.3 Å². The van der Waals surface area contributed by atoms with Gasteiger partial charge in [-0.1, -0.05) is 32.1 Å². The molecule has 9 N–H and O–H groups in total. The maximum atomic E-state index is 7.36. The first-order chi connectivity index (χ1) is 14.0. The van der Waals surface area contributed by atoms with E-state index < -0.39 is 0 Å². The molecular weight excluding hydrogens is 366 g/mol.